The van der Waals surface area contributed by atoms with Crippen molar-refractivity contribution in [1.29, 1.82) is 0 Å². The zero-order valence-electron chi connectivity index (χ0n) is 11.8. The average Bonchev–Trinajstić information content (AvgIpc) is 3.00. The van der Waals surface area contributed by atoms with E-state index < -0.39 is 11.8 Å². The van der Waals surface area contributed by atoms with E-state index in [0.717, 1.165) is 0 Å². The number of carbonyl (C=O) groups excluding carboxylic acids is 2. The summed E-state index contributed by atoms with van der Waals surface area (Å²) in [6.07, 6.45) is 1.68. The molecule has 4 rings (SSSR count). The minimum Gasteiger partial charge on any atom is -0.454 e. The van der Waals surface area contributed by atoms with Crippen LogP contribution in [-0.2, 0) is 4.79 Å². The summed E-state index contributed by atoms with van der Waals surface area (Å²) in [4.78, 5) is 24.1. The number of halogens is 1. The number of imide groups is 1. The Balaban J connectivity index is 1.85. The summed E-state index contributed by atoms with van der Waals surface area (Å²) < 4.78 is 10.6. The minimum absolute atomic E-state index is 0.118. The first-order chi connectivity index (χ1) is 11.1. The molecule has 0 bridgehead atoms. The summed E-state index contributed by atoms with van der Waals surface area (Å²) in [5, 5.41) is 2.75. The second kappa shape index (κ2) is 5.14. The molecule has 0 atom stereocenters. The van der Waals surface area contributed by atoms with Crippen LogP contribution in [0.1, 0.15) is 21.5 Å². The van der Waals surface area contributed by atoms with E-state index in [1.165, 1.54) is 0 Å². The van der Waals surface area contributed by atoms with Gasteiger partial charge in [0.1, 0.15) is 0 Å². The average molecular weight is 328 g/mol. The van der Waals surface area contributed by atoms with E-state index in [1.54, 1.807) is 42.5 Å². The number of benzene rings is 2. The lowest BCUT2D eigenvalue weighted by Gasteiger charge is -2.18. The van der Waals surface area contributed by atoms with Crippen LogP contribution in [0.15, 0.2) is 36.4 Å². The van der Waals surface area contributed by atoms with Crippen molar-refractivity contribution < 1.29 is 19.1 Å². The van der Waals surface area contributed by atoms with Gasteiger partial charge in [-0.05, 0) is 35.4 Å². The molecular formula is C17H10ClNO4. The molecular weight excluding hydrogens is 318 g/mol. The second-order valence-corrected chi connectivity index (χ2v) is 5.53. The van der Waals surface area contributed by atoms with E-state index in [1.807, 2.05) is 0 Å². The molecule has 1 N–H and O–H groups in total. The fourth-order valence-corrected chi connectivity index (χ4v) is 2.93. The quantitative estimate of drug-likeness (QED) is 0.646. The van der Waals surface area contributed by atoms with Crippen molar-refractivity contribution in [2.75, 3.05) is 6.79 Å². The van der Waals surface area contributed by atoms with Crippen molar-refractivity contribution in [1.82, 2.24) is 5.32 Å². The number of rotatable bonds is 1. The van der Waals surface area contributed by atoms with Crippen LogP contribution >= 0.6 is 11.6 Å². The molecule has 0 radical (unpaired) electrons. The van der Waals surface area contributed by atoms with Gasteiger partial charge in [-0.25, -0.2) is 0 Å². The minimum atomic E-state index is -0.442. The number of nitrogens with one attached hydrogen (secondary N) is 1. The highest BCUT2D eigenvalue weighted by Crippen LogP contribution is 2.40. The van der Waals surface area contributed by atoms with Crippen LogP contribution in [0.2, 0.25) is 5.02 Å². The van der Waals surface area contributed by atoms with Crippen molar-refractivity contribution >= 4 is 35.1 Å². The first kappa shape index (κ1) is 13.8. The topological polar surface area (TPSA) is 64.6 Å². The molecule has 2 aromatic rings. The van der Waals surface area contributed by atoms with Gasteiger partial charge in [-0.15, -0.1) is 0 Å². The van der Waals surface area contributed by atoms with Crippen LogP contribution in [0.3, 0.4) is 0 Å². The summed E-state index contributed by atoms with van der Waals surface area (Å²) >= 11 is 6.16. The van der Waals surface area contributed by atoms with Crippen LogP contribution in [0.25, 0.3) is 11.6 Å². The summed E-state index contributed by atoms with van der Waals surface area (Å²) in [6.45, 7) is 0.118. The van der Waals surface area contributed by atoms with Gasteiger partial charge in [0.2, 0.25) is 6.79 Å². The van der Waals surface area contributed by atoms with Crippen molar-refractivity contribution in [2.24, 2.45) is 0 Å². The zero-order valence-corrected chi connectivity index (χ0v) is 12.5. The number of fused-ring (bicyclic) bond motifs is 2. The molecule has 0 unspecified atom stereocenters. The number of ether oxygens (including phenoxy) is 2. The van der Waals surface area contributed by atoms with Gasteiger partial charge in [-0.3, -0.25) is 14.9 Å². The maximum Gasteiger partial charge on any atom is 0.258 e. The third-order valence-electron chi connectivity index (χ3n) is 3.69. The Morgan fingerprint density at radius 1 is 1.04 bits per heavy atom. The van der Waals surface area contributed by atoms with Crippen LogP contribution in [-0.4, -0.2) is 18.6 Å². The molecule has 0 aromatic heterocycles. The normalized spacial score (nSPS) is 17.2. The number of amides is 2. The van der Waals surface area contributed by atoms with E-state index in [4.69, 9.17) is 21.1 Å². The van der Waals surface area contributed by atoms with Crippen molar-refractivity contribution in [2.45, 2.75) is 0 Å². The lowest BCUT2D eigenvalue weighted by molar-refractivity contribution is -0.114. The molecule has 2 amide bonds. The van der Waals surface area contributed by atoms with Crippen molar-refractivity contribution in [3.63, 3.8) is 0 Å². The van der Waals surface area contributed by atoms with Gasteiger partial charge in [0.15, 0.2) is 11.5 Å². The fraction of sp³-hybridized carbons (Fsp3) is 0.0588. The van der Waals surface area contributed by atoms with Gasteiger partial charge in [-0.2, -0.15) is 0 Å². The van der Waals surface area contributed by atoms with E-state index >= 15 is 0 Å². The molecule has 0 fully saturated rings. The van der Waals surface area contributed by atoms with Gasteiger partial charge >= 0.3 is 0 Å². The largest absolute Gasteiger partial charge is 0.454 e. The van der Waals surface area contributed by atoms with E-state index in [9.17, 15) is 9.59 Å². The summed E-state index contributed by atoms with van der Waals surface area (Å²) in [7, 11) is 0. The Bertz CT molecular complexity index is 888. The highest BCUT2D eigenvalue weighted by atomic mass is 35.5. The Morgan fingerprint density at radius 3 is 2.65 bits per heavy atom. The SMILES string of the molecule is O=C1NC(=O)c2ccccc2/C1=C\c1cc(Cl)c2c(c1)OCO2. The van der Waals surface area contributed by atoms with Gasteiger partial charge in [0.05, 0.1) is 5.02 Å². The van der Waals surface area contributed by atoms with Gasteiger partial charge in [-0.1, -0.05) is 29.8 Å². The Morgan fingerprint density at radius 2 is 1.83 bits per heavy atom. The van der Waals surface area contributed by atoms with E-state index in [-0.39, 0.29) is 6.79 Å². The predicted octanol–water partition coefficient (Wildman–Crippen LogP) is 2.88. The molecule has 0 saturated heterocycles. The Hall–Kier alpha value is -2.79. The van der Waals surface area contributed by atoms with Gasteiger partial charge < -0.3 is 9.47 Å². The molecule has 0 aliphatic carbocycles. The molecule has 2 aromatic carbocycles. The highest BCUT2D eigenvalue weighted by molar-refractivity contribution is 6.34. The predicted molar refractivity (Wildman–Crippen MR) is 84.4 cm³/mol. The first-order valence-electron chi connectivity index (χ1n) is 6.89. The summed E-state index contributed by atoms with van der Waals surface area (Å²) in [6, 6.07) is 10.4. The van der Waals surface area contributed by atoms with Crippen LogP contribution in [0, 0.1) is 0 Å². The Kier molecular flexibility index (Phi) is 3.09. The van der Waals surface area contributed by atoms with Gasteiger partial charge in [0.25, 0.3) is 11.8 Å². The second-order valence-electron chi connectivity index (χ2n) is 5.12. The highest BCUT2D eigenvalue weighted by Gasteiger charge is 2.27. The van der Waals surface area contributed by atoms with Crippen LogP contribution < -0.4 is 14.8 Å². The van der Waals surface area contributed by atoms with Crippen molar-refractivity contribution in [3.8, 4) is 11.5 Å². The van der Waals surface area contributed by atoms with Crippen molar-refractivity contribution in [3.05, 3.63) is 58.1 Å². The molecule has 2 heterocycles. The first-order valence-corrected chi connectivity index (χ1v) is 7.27. The number of hydrogen-bond donors (Lipinski definition) is 1. The maximum absolute atomic E-state index is 12.2. The molecule has 114 valence electrons. The molecule has 2 aliphatic rings. The molecule has 0 saturated carbocycles. The van der Waals surface area contributed by atoms with Crippen LogP contribution in [0.4, 0.5) is 0 Å². The lowest BCUT2D eigenvalue weighted by Crippen LogP contribution is -2.36. The fourth-order valence-electron chi connectivity index (χ4n) is 2.66. The van der Waals surface area contributed by atoms with Gasteiger partial charge in [0, 0.05) is 11.1 Å². The maximum atomic E-state index is 12.2. The van der Waals surface area contributed by atoms with E-state index in [0.29, 0.717) is 38.8 Å². The summed E-state index contributed by atoms with van der Waals surface area (Å²) in [5.74, 6) is 0.191. The van der Waals surface area contributed by atoms with E-state index in [2.05, 4.69) is 5.32 Å². The third kappa shape index (κ3) is 2.26. The summed E-state index contributed by atoms with van der Waals surface area (Å²) in [5.41, 5.74) is 2.14. The lowest BCUT2D eigenvalue weighted by atomic mass is 9.93. The van der Waals surface area contributed by atoms with Crippen LogP contribution in [0.5, 0.6) is 11.5 Å². The number of hydrogen-bond acceptors (Lipinski definition) is 4. The third-order valence-corrected chi connectivity index (χ3v) is 3.97. The standard InChI is InChI=1S/C17H10ClNO4/c18-13-6-9(7-14-15(13)23-8-22-14)5-12-10-3-1-2-4-11(10)16(20)19-17(12)21/h1-7H,8H2,(H,19,20,21)/b12-5+. The molecule has 23 heavy (non-hydrogen) atoms. The Labute approximate surface area is 136 Å². The zero-order chi connectivity index (χ0) is 16.0. The molecule has 6 heteroatoms. The molecule has 2 aliphatic heterocycles. The smallest absolute Gasteiger partial charge is 0.258 e. The molecule has 0 spiro atoms. The molecule has 5 nitrogen and oxygen atoms in total. The monoisotopic (exact) mass is 327 g/mol. The number of carbonyl (C=O) groups is 2.